The SMILES string of the molecule is Cc1ccc(C2=NC(c3ccc(C)cc3)N(C)O2)cc1. The van der Waals surface area contributed by atoms with Gasteiger partial charge in [0.1, 0.15) is 0 Å². The summed E-state index contributed by atoms with van der Waals surface area (Å²) in [7, 11) is 1.91. The van der Waals surface area contributed by atoms with Gasteiger partial charge in [-0.05, 0) is 31.5 Å². The standard InChI is InChI=1S/C17H18N2O/c1-12-4-8-14(9-5-12)16-18-17(20-19(16)3)15-10-6-13(2)7-11-15/h4-11,16H,1-3H3. The van der Waals surface area contributed by atoms with Crippen LogP contribution in [0.3, 0.4) is 0 Å². The minimum Gasteiger partial charge on any atom is -0.383 e. The van der Waals surface area contributed by atoms with Crippen LogP contribution in [-0.4, -0.2) is 18.0 Å². The molecule has 0 aliphatic carbocycles. The van der Waals surface area contributed by atoms with E-state index in [9.17, 15) is 0 Å². The summed E-state index contributed by atoms with van der Waals surface area (Å²) >= 11 is 0. The summed E-state index contributed by atoms with van der Waals surface area (Å²) in [5.41, 5.74) is 4.63. The van der Waals surface area contributed by atoms with Crippen molar-refractivity contribution >= 4 is 5.90 Å². The second kappa shape index (κ2) is 5.10. The Kier molecular flexibility index (Phi) is 3.28. The molecule has 0 fully saturated rings. The van der Waals surface area contributed by atoms with E-state index in [1.807, 2.05) is 19.2 Å². The van der Waals surface area contributed by atoms with Gasteiger partial charge in [0.05, 0.1) is 0 Å². The van der Waals surface area contributed by atoms with Gasteiger partial charge in [0.2, 0.25) is 5.90 Å². The molecular formula is C17H18N2O. The van der Waals surface area contributed by atoms with Gasteiger partial charge in [-0.15, -0.1) is 5.06 Å². The van der Waals surface area contributed by atoms with Gasteiger partial charge in [0, 0.05) is 12.6 Å². The molecule has 1 aliphatic rings. The fraction of sp³-hybridized carbons (Fsp3) is 0.235. The van der Waals surface area contributed by atoms with E-state index in [1.165, 1.54) is 11.1 Å². The van der Waals surface area contributed by atoms with E-state index < -0.39 is 0 Å². The van der Waals surface area contributed by atoms with Crippen molar-refractivity contribution in [2.75, 3.05) is 7.05 Å². The minimum atomic E-state index is -0.0769. The summed E-state index contributed by atoms with van der Waals surface area (Å²) in [5.74, 6) is 0.679. The molecule has 0 amide bonds. The van der Waals surface area contributed by atoms with Crippen LogP contribution in [0.4, 0.5) is 0 Å². The fourth-order valence-corrected chi connectivity index (χ4v) is 2.25. The largest absolute Gasteiger partial charge is 0.383 e. The predicted molar refractivity (Wildman–Crippen MR) is 80.5 cm³/mol. The second-order valence-corrected chi connectivity index (χ2v) is 5.22. The van der Waals surface area contributed by atoms with Crippen molar-refractivity contribution in [1.29, 1.82) is 0 Å². The molecule has 1 heterocycles. The van der Waals surface area contributed by atoms with Gasteiger partial charge in [0.15, 0.2) is 6.17 Å². The maximum Gasteiger partial charge on any atom is 0.242 e. The molecule has 102 valence electrons. The minimum absolute atomic E-state index is 0.0769. The zero-order valence-corrected chi connectivity index (χ0v) is 12.0. The first-order chi connectivity index (χ1) is 9.63. The van der Waals surface area contributed by atoms with Crippen LogP contribution >= 0.6 is 0 Å². The highest BCUT2D eigenvalue weighted by Gasteiger charge is 2.27. The molecular weight excluding hydrogens is 248 g/mol. The number of benzene rings is 2. The summed E-state index contributed by atoms with van der Waals surface area (Å²) in [6, 6.07) is 16.6. The number of aryl methyl sites for hydroxylation is 2. The average Bonchev–Trinajstić information content (AvgIpc) is 2.82. The summed E-state index contributed by atoms with van der Waals surface area (Å²) in [4.78, 5) is 10.5. The maximum atomic E-state index is 5.77. The fourth-order valence-electron chi connectivity index (χ4n) is 2.25. The molecule has 3 heteroatoms. The molecule has 0 saturated heterocycles. The molecule has 2 aromatic carbocycles. The number of aliphatic imine (C=N–C) groups is 1. The van der Waals surface area contributed by atoms with Crippen molar-refractivity contribution in [1.82, 2.24) is 5.06 Å². The molecule has 0 N–H and O–H groups in total. The molecule has 0 bridgehead atoms. The third-order valence-corrected chi connectivity index (χ3v) is 3.49. The summed E-state index contributed by atoms with van der Waals surface area (Å²) in [6.07, 6.45) is -0.0769. The van der Waals surface area contributed by atoms with Gasteiger partial charge in [-0.3, -0.25) is 0 Å². The Bertz CT molecular complexity index is 629. The van der Waals surface area contributed by atoms with E-state index in [-0.39, 0.29) is 6.17 Å². The van der Waals surface area contributed by atoms with Crippen molar-refractivity contribution in [3.63, 3.8) is 0 Å². The highest BCUT2D eigenvalue weighted by molar-refractivity contribution is 5.94. The van der Waals surface area contributed by atoms with Crippen molar-refractivity contribution in [3.05, 3.63) is 70.8 Å². The van der Waals surface area contributed by atoms with Gasteiger partial charge < -0.3 is 4.84 Å². The average molecular weight is 266 g/mol. The molecule has 3 rings (SSSR count). The molecule has 0 saturated carbocycles. The predicted octanol–water partition coefficient (Wildman–Crippen LogP) is 3.63. The molecule has 20 heavy (non-hydrogen) atoms. The Morgan fingerprint density at radius 1 is 0.900 bits per heavy atom. The first-order valence-corrected chi connectivity index (χ1v) is 6.76. The first kappa shape index (κ1) is 12.9. The molecule has 1 atom stereocenters. The molecule has 2 aromatic rings. The zero-order valence-electron chi connectivity index (χ0n) is 12.0. The highest BCUT2D eigenvalue weighted by Crippen LogP contribution is 2.28. The zero-order chi connectivity index (χ0) is 14.1. The lowest BCUT2D eigenvalue weighted by molar-refractivity contribution is -0.0571. The monoisotopic (exact) mass is 266 g/mol. The van der Waals surface area contributed by atoms with Crippen LogP contribution in [0.2, 0.25) is 0 Å². The van der Waals surface area contributed by atoms with Crippen LogP contribution in [0, 0.1) is 13.8 Å². The third-order valence-electron chi connectivity index (χ3n) is 3.49. The molecule has 0 radical (unpaired) electrons. The van der Waals surface area contributed by atoms with E-state index in [1.54, 1.807) is 5.06 Å². The van der Waals surface area contributed by atoms with Crippen LogP contribution in [-0.2, 0) is 4.84 Å². The number of nitrogens with zero attached hydrogens (tertiary/aromatic N) is 2. The number of rotatable bonds is 2. The lowest BCUT2D eigenvalue weighted by Crippen LogP contribution is -2.18. The number of hydroxylamine groups is 2. The highest BCUT2D eigenvalue weighted by atomic mass is 16.7. The van der Waals surface area contributed by atoms with Crippen molar-refractivity contribution < 1.29 is 4.84 Å². The normalized spacial score (nSPS) is 18.8. The van der Waals surface area contributed by atoms with E-state index in [0.29, 0.717) is 5.90 Å². The number of hydrogen-bond donors (Lipinski definition) is 0. The molecule has 1 unspecified atom stereocenters. The second-order valence-electron chi connectivity index (χ2n) is 5.22. The van der Waals surface area contributed by atoms with Crippen LogP contribution < -0.4 is 0 Å². The third kappa shape index (κ3) is 2.45. The van der Waals surface area contributed by atoms with E-state index in [0.717, 1.165) is 11.1 Å². The lowest BCUT2D eigenvalue weighted by Gasteiger charge is -2.16. The van der Waals surface area contributed by atoms with Crippen LogP contribution in [0.25, 0.3) is 0 Å². The molecule has 0 spiro atoms. The Morgan fingerprint density at radius 2 is 1.45 bits per heavy atom. The maximum absolute atomic E-state index is 5.77. The Morgan fingerprint density at radius 3 is 2.05 bits per heavy atom. The topological polar surface area (TPSA) is 24.8 Å². The lowest BCUT2D eigenvalue weighted by atomic mass is 10.1. The van der Waals surface area contributed by atoms with Gasteiger partial charge in [0.25, 0.3) is 0 Å². The Labute approximate surface area is 119 Å². The van der Waals surface area contributed by atoms with Gasteiger partial charge in [-0.25, -0.2) is 4.99 Å². The van der Waals surface area contributed by atoms with Crippen molar-refractivity contribution in [2.45, 2.75) is 20.0 Å². The van der Waals surface area contributed by atoms with Crippen LogP contribution in [0.15, 0.2) is 53.5 Å². The quantitative estimate of drug-likeness (QED) is 0.829. The van der Waals surface area contributed by atoms with E-state index in [4.69, 9.17) is 4.84 Å². The Hall–Kier alpha value is -2.13. The smallest absolute Gasteiger partial charge is 0.242 e. The van der Waals surface area contributed by atoms with Gasteiger partial charge in [-0.1, -0.05) is 47.5 Å². The summed E-state index contributed by atoms with van der Waals surface area (Å²) < 4.78 is 0. The van der Waals surface area contributed by atoms with Gasteiger partial charge >= 0.3 is 0 Å². The Balaban J connectivity index is 1.90. The number of hydrogen-bond acceptors (Lipinski definition) is 3. The molecule has 0 aromatic heterocycles. The van der Waals surface area contributed by atoms with Crippen molar-refractivity contribution in [3.8, 4) is 0 Å². The van der Waals surface area contributed by atoms with Crippen LogP contribution in [0.1, 0.15) is 28.4 Å². The van der Waals surface area contributed by atoms with Crippen molar-refractivity contribution in [2.24, 2.45) is 4.99 Å². The summed E-state index contributed by atoms with van der Waals surface area (Å²) in [5, 5.41) is 1.79. The van der Waals surface area contributed by atoms with Gasteiger partial charge in [-0.2, -0.15) is 0 Å². The van der Waals surface area contributed by atoms with E-state index >= 15 is 0 Å². The van der Waals surface area contributed by atoms with Crippen LogP contribution in [0.5, 0.6) is 0 Å². The summed E-state index contributed by atoms with van der Waals surface area (Å²) in [6.45, 7) is 4.15. The van der Waals surface area contributed by atoms with E-state index in [2.05, 4.69) is 55.2 Å². The first-order valence-electron chi connectivity index (χ1n) is 6.76. The molecule has 3 nitrogen and oxygen atoms in total. The molecule has 1 aliphatic heterocycles.